The van der Waals surface area contributed by atoms with Crippen molar-refractivity contribution in [2.24, 2.45) is 5.73 Å². The first-order valence-corrected chi connectivity index (χ1v) is 4.19. The van der Waals surface area contributed by atoms with Crippen molar-refractivity contribution >= 4 is 6.09 Å². The fraction of sp³-hybridized carbons (Fsp3) is 0.333. The van der Waals surface area contributed by atoms with E-state index in [0.717, 1.165) is 5.69 Å². The Hall–Kier alpha value is -1.62. The highest BCUT2D eigenvalue weighted by molar-refractivity contribution is 5.64. The molecular formula is C9H12N2O3. The van der Waals surface area contributed by atoms with Crippen LogP contribution in [0.5, 0.6) is 0 Å². The van der Waals surface area contributed by atoms with Crippen molar-refractivity contribution < 1.29 is 14.6 Å². The van der Waals surface area contributed by atoms with E-state index in [9.17, 15) is 4.79 Å². The molecule has 1 rings (SSSR count). The molecule has 0 aromatic carbocycles. The second-order valence-corrected chi connectivity index (χ2v) is 2.77. The van der Waals surface area contributed by atoms with Crippen LogP contribution in [-0.2, 0) is 11.2 Å². The van der Waals surface area contributed by atoms with Crippen molar-refractivity contribution in [1.82, 2.24) is 4.98 Å². The number of aliphatic hydroxyl groups is 1. The van der Waals surface area contributed by atoms with Crippen LogP contribution < -0.4 is 5.73 Å². The van der Waals surface area contributed by atoms with Crippen LogP contribution in [0.1, 0.15) is 5.69 Å². The molecule has 0 aliphatic carbocycles. The third-order valence-electron chi connectivity index (χ3n) is 1.65. The molecule has 0 spiro atoms. The number of rotatable bonds is 4. The lowest BCUT2D eigenvalue weighted by molar-refractivity contribution is 0.0634. The highest BCUT2D eigenvalue weighted by atomic mass is 16.6. The Balaban J connectivity index is 2.53. The molecule has 0 bridgehead atoms. The third-order valence-corrected chi connectivity index (χ3v) is 1.65. The third kappa shape index (κ3) is 3.40. The predicted octanol–water partition coefficient (Wildman–Crippen LogP) is 0.0803. The minimum Gasteiger partial charge on any atom is -0.444 e. The summed E-state index contributed by atoms with van der Waals surface area (Å²) in [5.74, 6) is 0. The molecule has 0 saturated carbocycles. The molecule has 1 aromatic rings. The first-order chi connectivity index (χ1) is 6.72. The maximum Gasteiger partial charge on any atom is 0.404 e. The zero-order valence-electron chi connectivity index (χ0n) is 7.59. The number of primary amides is 1. The molecule has 1 heterocycles. The number of hydrogen-bond donors (Lipinski definition) is 2. The zero-order valence-corrected chi connectivity index (χ0v) is 7.59. The second kappa shape index (κ2) is 5.18. The van der Waals surface area contributed by atoms with Gasteiger partial charge in [-0.05, 0) is 12.1 Å². The van der Waals surface area contributed by atoms with Crippen LogP contribution in [0.4, 0.5) is 4.79 Å². The van der Waals surface area contributed by atoms with Crippen molar-refractivity contribution in [2.75, 3.05) is 6.61 Å². The van der Waals surface area contributed by atoms with E-state index in [1.165, 1.54) is 0 Å². The number of nitrogens with zero attached hydrogens (tertiary/aromatic N) is 1. The van der Waals surface area contributed by atoms with E-state index in [0.29, 0.717) is 6.42 Å². The highest BCUT2D eigenvalue weighted by Crippen LogP contribution is 2.02. The monoisotopic (exact) mass is 196 g/mol. The lowest BCUT2D eigenvalue weighted by Crippen LogP contribution is -2.27. The van der Waals surface area contributed by atoms with Crippen LogP contribution in [0.15, 0.2) is 24.4 Å². The molecule has 1 atom stereocenters. The van der Waals surface area contributed by atoms with Crippen LogP contribution in [0, 0.1) is 0 Å². The minimum absolute atomic E-state index is 0.264. The van der Waals surface area contributed by atoms with Gasteiger partial charge in [-0.2, -0.15) is 0 Å². The lowest BCUT2D eigenvalue weighted by atomic mass is 10.2. The van der Waals surface area contributed by atoms with E-state index in [-0.39, 0.29) is 6.61 Å². The number of aliphatic hydroxyl groups excluding tert-OH is 1. The summed E-state index contributed by atoms with van der Waals surface area (Å²) >= 11 is 0. The fourth-order valence-electron chi connectivity index (χ4n) is 1.06. The average molecular weight is 196 g/mol. The van der Waals surface area contributed by atoms with Gasteiger partial charge in [0.15, 0.2) is 0 Å². The van der Waals surface area contributed by atoms with E-state index in [4.69, 9.17) is 10.8 Å². The molecule has 0 aliphatic heterocycles. The fourth-order valence-corrected chi connectivity index (χ4v) is 1.06. The van der Waals surface area contributed by atoms with Gasteiger partial charge in [0.25, 0.3) is 0 Å². The second-order valence-electron chi connectivity index (χ2n) is 2.77. The van der Waals surface area contributed by atoms with Gasteiger partial charge >= 0.3 is 6.09 Å². The van der Waals surface area contributed by atoms with Crippen molar-refractivity contribution in [3.63, 3.8) is 0 Å². The number of aromatic nitrogens is 1. The van der Waals surface area contributed by atoms with Crippen molar-refractivity contribution in [3.8, 4) is 0 Å². The molecule has 5 heteroatoms. The van der Waals surface area contributed by atoms with Crippen LogP contribution >= 0.6 is 0 Å². The molecular weight excluding hydrogens is 184 g/mol. The summed E-state index contributed by atoms with van der Waals surface area (Å²) in [6.07, 6.45) is 0.483. The Morgan fingerprint density at radius 2 is 2.43 bits per heavy atom. The molecule has 1 amide bonds. The van der Waals surface area contributed by atoms with Crippen molar-refractivity contribution in [1.29, 1.82) is 0 Å². The number of nitrogens with two attached hydrogens (primary N) is 1. The molecule has 1 unspecified atom stereocenters. The van der Waals surface area contributed by atoms with Crippen molar-refractivity contribution in [3.05, 3.63) is 30.1 Å². The summed E-state index contributed by atoms with van der Waals surface area (Å²) in [4.78, 5) is 14.5. The maximum absolute atomic E-state index is 10.4. The molecule has 0 fully saturated rings. The highest BCUT2D eigenvalue weighted by Gasteiger charge is 2.12. The van der Waals surface area contributed by atoms with Gasteiger partial charge in [-0.25, -0.2) is 4.79 Å². The Kier molecular flexibility index (Phi) is 3.87. The first kappa shape index (κ1) is 10.5. The number of hydrogen-bond acceptors (Lipinski definition) is 4. The van der Waals surface area contributed by atoms with E-state index in [1.807, 2.05) is 6.07 Å². The number of amides is 1. The predicted molar refractivity (Wildman–Crippen MR) is 49.5 cm³/mol. The zero-order chi connectivity index (χ0) is 10.4. The Morgan fingerprint density at radius 3 is 2.93 bits per heavy atom. The summed E-state index contributed by atoms with van der Waals surface area (Å²) in [6.45, 7) is -0.264. The molecule has 1 aromatic heterocycles. The molecule has 0 radical (unpaired) electrons. The number of ether oxygens (including phenoxy) is 1. The van der Waals surface area contributed by atoms with Gasteiger partial charge in [-0.3, -0.25) is 4.98 Å². The number of carbonyl (C=O) groups is 1. The van der Waals surface area contributed by atoms with Gasteiger partial charge < -0.3 is 15.6 Å². The van der Waals surface area contributed by atoms with E-state index >= 15 is 0 Å². The molecule has 0 saturated heterocycles. The molecule has 3 N–H and O–H groups in total. The summed E-state index contributed by atoms with van der Waals surface area (Å²) in [5.41, 5.74) is 5.57. The van der Waals surface area contributed by atoms with Gasteiger partial charge in [0.05, 0.1) is 6.61 Å². The minimum atomic E-state index is -0.889. The Bertz CT molecular complexity index is 289. The largest absolute Gasteiger partial charge is 0.444 e. The van der Waals surface area contributed by atoms with Crippen LogP contribution in [0.25, 0.3) is 0 Å². The maximum atomic E-state index is 10.4. The van der Waals surface area contributed by atoms with Crippen LogP contribution in [0.2, 0.25) is 0 Å². The van der Waals surface area contributed by atoms with Crippen molar-refractivity contribution in [2.45, 2.75) is 12.5 Å². The standard InChI is InChI=1S/C9H12N2O3/c10-9(13)14-8(6-12)5-7-3-1-2-4-11-7/h1-4,8,12H,5-6H2,(H2,10,13). The van der Waals surface area contributed by atoms with E-state index in [2.05, 4.69) is 9.72 Å². The van der Waals surface area contributed by atoms with Gasteiger partial charge in [-0.15, -0.1) is 0 Å². The van der Waals surface area contributed by atoms with E-state index < -0.39 is 12.2 Å². The Morgan fingerprint density at radius 1 is 1.64 bits per heavy atom. The summed E-state index contributed by atoms with van der Waals surface area (Å²) in [7, 11) is 0. The Labute approximate surface area is 81.5 Å². The molecule has 76 valence electrons. The number of carbonyl (C=O) groups excluding carboxylic acids is 1. The first-order valence-electron chi connectivity index (χ1n) is 4.19. The molecule has 14 heavy (non-hydrogen) atoms. The van der Waals surface area contributed by atoms with E-state index in [1.54, 1.807) is 18.3 Å². The van der Waals surface area contributed by atoms with Crippen LogP contribution in [0.3, 0.4) is 0 Å². The van der Waals surface area contributed by atoms with Gasteiger partial charge in [0.1, 0.15) is 6.10 Å². The van der Waals surface area contributed by atoms with Gasteiger partial charge in [0.2, 0.25) is 0 Å². The molecule has 5 nitrogen and oxygen atoms in total. The quantitative estimate of drug-likeness (QED) is 0.714. The SMILES string of the molecule is NC(=O)OC(CO)Cc1ccccn1. The summed E-state index contributed by atoms with van der Waals surface area (Å²) < 4.78 is 4.65. The average Bonchev–Trinajstić information content (AvgIpc) is 2.17. The lowest BCUT2D eigenvalue weighted by Gasteiger charge is -2.12. The van der Waals surface area contributed by atoms with Gasteiger partial charge in [0, 0.05) is 18.3 Å². The van der Waals surface area contributed by atoms with Crippen LogP contribution in [-0.4, -0.2) is 28.9 Å². The normalized spacial score (nSPS) is 12.1. The molecule has 0 aliphatic rings. The summed E-state index contributed by atoms with van der Waals surface area (Å²) in [6, 6.07) is 5.39. The summed E-state index contributed by atoms with van der Waals surface area (Å²) in [5, 5.41) is 8.88. The topological polar surface area (TPSA) is 85.4 Å². The number of pyridine rings is 1. The smallest absolute Gasteiger partial charge is 0.404 e. The van der Waals surface area contributed by atoms with Gasteiger partial charge in [-0.1, -0.05) is 6.07 Å².